The van der Waals surface area contributed by atoms with E-state index in [2.05, 4.69) is 20.5 Å². The number of anilines is 1. The lowest BCUT2D eigenvalue weighted by atomic mass is 10.2. The van der Waals surface area contributed by atoms with E-state index in [1.165, 1.54) is 11.8 Å². The normalized spacial score (nSPS) is 11.3. The number of benzene rings is 1. The molecule has 0 unspecified atom stereocenters. The number of carbonyl (C=O) groups excluding carboxylic acids is 1. The summed E-state index contributed by atoms with van der Waals surface area (Å²) in [5.74, 6) is 0.671. The Balaban J connectivity index is 1.81. The molecule has 2 aromatic heterocycles. The molecular formula is C19H21N5OS. The predicted molar refractivity (Wildman–Crippen MR) is 104 cm³/mol. The number of hydrogen-bond donors (Lipinski definition) is 1. The smallest absolute Gasteiger partial charge is 0.240 e. The van der Waals surface area contributed by atoms with E-state index in [0.29, 0.717) is 11.7 Å². The second-order valence-corrected chi connectivity index (χ2v) is 7.81. The third-order valence-electron chi connectivity index (χ3n) is 3.88. The van der Waals surface area contributed by atoms with Crippen molar-refractivity contribution in [2.24, 2.45) is 0 Å². The minimum absolute atomic E-state index is 0.0812. The van der Waals surface area contributed by atoms with Crippen molar-refractivity contribution in [2.45, 2.75) is 37.2 Å². The summed E-state index contributed by atoms with van der Waals surface area (Å²) in [6.45, 7) is 6.50. The molecule has 0 aliphatic carbocycles. The van der Waals surface area contributed by atoms with Gasteiger partial charge in [-0.2, -0.15) is 0 Å². The first kappa shape index (κ1) is 18.1. The summed E-state index contributed by atoms with van der Waals surface area (Å²) in [5.41, 5.74) is 1.68. The SMILES string of the molecule is CCn1c(SC(C)(C)C(=O)Nc2ccccc2)nnc1-c1cccnc1. The van der Waals surface area contributed by atoms with E-state index in [9.17, 15) is 4.79 Å². The summed E-state index contributed by atoms with van der Waals surface area (Å²) in [4.78, 5) is 16.9. The van der Waals surface area contributed by atoms with Gasteiger partial charge in [-0.25, -0.2) is 0 Å². The van der Waals surface area contributed by atoms with E-state index in [1.54, 1.807) is 12.4 Å². The summed E-state index contributed by atoms with van der Waals surface area (Å²) in [5, 5.41) is 12.3. The molecule has 2 heterocycles. The molecule has 3 aromatic rings. The molecule has 0 atom stereocenters. The van der Waals surface area contributed by atoms with Crippen molar-refractivity contribution in [2.75, 3.05) is 5.32 Å². The number of para-hydroxylation sites is 1. The molecule has 7 heteroatoms. The van der Waals surface area contributed by atoms with Crippen molar-refractivity contribution < 1.29 is 4.79 Å². The van der Waals surface area contributed by atoms with Gasteiger partial charge in [0.15, 0.2) is 11.0 Å². The molecule has 3 rings (SSSR count). The fourth-order valence-corrected chi connectivity index (χ4v) is 3.44. The molecule has 0 fully saturated rings. The van der Waals surface area contributed by atoms with Crippen LogP contribution in [0.4, 0.5) is 5.69 Å². The van der Waals surface area contributed by atoms with Crippen LogP contribution in [0, 0.1) is 0 Å². The van der Waals surface area contributed by atoms with E-state index >= 15 is 0 Å². The van der Waals surface area contributed by atoms with Crippen molar-refractivity contribution in [1.82, 2.24) is 19.7 Å². The van der Waals surface area contributed by atoms with Crippen LogP contribution in [0.5, 0.6) is 0 Å². The lowest BCUT2D eigenvalue weighted by Crippen LogP contribution is -2.34. The Kier molecular flexibility index (Phi) is 5.37. The van der Waals surface area contributed by atoms with Crippen molar-refractivity contribution in [1.29, 1.82) is 0 Å². The van der Waals surface area contributed by atoms with E-state index in [0.717, 1.165) is 17.1 Å². The summed E-state index contributed by atoms with van der Waals surface area (Å²) in [7, 11) is 0. The Morgan fingerprint density at radius 3 is 2.58 bits per heavy atom. The number of pyridine rings is 1. The fourth-order valence-electron chi connectivity index (χ4n) is 2.44. The Hall–Kier alpha value is -2.67. The summed E-state index contributed by atoms with van der Waals surface area (Å²) >= 11 is 1.40. The largest absolute Gasteiger partial charge is 0.325 e. The van der Waals surface area contributed by atoms with Gasteiger partial charge in [-0.1, -0.05) is 30.0 Å². The van der Waals surface area contributed by atoms with E-state index < -0.39 is 4.75 Å². The number of carbonyl (C=O) groups is 1. The zero-order valence-corrected chi connectivity index (χ0v) is 15.8. The van der Waals surface area contributed by atoms with Gasteiger partial charge in [0.05, 0.1) is 4.75 Å². The first-order valence-corrected chi connectivity index (χ1v) is 9.22. The second kappa shape index (κ2) is 7.70. The Morgan fingerprint density at radius 1 is 1.15 bits per heavy atom. The number of aromatic nitrogens is 4. The quantitative estimate of drug-likeness (QED) is 0.670. The molecule has 0 aliphatic heterocycles. The van der Waals surface area contributed by atoms with Gasteiger partial charge >= 0.3 is 0 Å². The Labute approximate surface area is 157 Å². The maximum atomic E-state index is 12.7. The standard InChI is InChI=1S/C19H21N5OS/c1-4-24-16(14-9-8-12-20-13-14)22-23-18(24)26-19(2,3)17(25)21-15-10-6-5-7-11-15/h5-13H,4H2,1-3H3,(H,21,25). The molecule has 0 aliphatic rings. The highest BCUT2D eigenvalue weighted by molar-refractivity contribution is 8.01. The van der Waals surface area contributed by atoms with Gasteiger partial charge in [0.1, 0.15) is 0 Å². The molecule has 1 N–H and O–H groups in total. The minimum Gasteiger partial charge on any atom is -0.325 e. The average Bonchev–Trinajstić information content (AvgIpc) is 3.05. The van der Waals surface area contributed by atoms with Gasteiger partial charge in [-0.3, -0.25) is 9.78 Å². The average molecular weight is 367 g/mol. The van der Waals surface area contributed by atoms with Gasteiger partial charge < -0.3 is 9.88 Å². The molecule has 0 radical (unpaired) electrons. The molecule has 6 nitrogen and oxygen atoms in total. The molecular weight excluding hydrogens is 346 g/mol. The van der Waals surface area contributed by atoms with E-state index in [1.807, 2.05) is 67.8 Å². The van der Waals surface area contributed by atoms with Crippen LogP contribution < -0.4 is 5.32 Å². The molecule has 0 saturated carbocycles. The minimum atomic E-state index is -0.706. The molecule has 1 amide bonds. The third kappa shape index (κ3) is 3.94. The van der Waals surface area contributed by atoms with Crippen molar-refractivity contribution in [3.05, 3.63) is 54.9 Å². The molecule has 0 bridgehead atoms. The Morgan fingerprint density at radius 2 is 1.92 bits per heavy atom. The van der Waals surface area contributed by atoms with Crippen LogP contribution in [-0.2, 0) is 11.3 Å². The maximum Gasteiger partial charge on any atom is 0.240 e. The van der Waals surface area contributed by atoms with Gasteiger partial charge in [0, 0.05) is 30.2 Å². The van der Waals surface area contributed by atoms with Crippen LogP contribution >= 0.6 is 11.8 Å². The first-order chi connectivity index (χ1) is 12.5. The van der Waals surface area contributed by atoms with Gasteiger partial charge in [-0.05, 0) is 45.0 Å². The van der Waals surface area contributed by atoms with Crippen LogP contribution in [-0.4, -0.2) is 30.4 Å². The number of nitrogens with one attached hydrogen (secondary N) is 1. The van der Waals surface area contributed by atoms with Crippen LogP contribution in [0.1, 0.15) is 20.8 Å². The topological polar surface area (TPSA) is 72.7 Å². The van der Waals surface area contributed by atoms with Crippen molar-refractivity contribution >= 4 is 23.4 Å². The van der Waals surface area contributed by atoms with Crippen LogP contribution in [0.3, 0.4) is 0 Å². The molecule has 134 valence electrons. The summed E-state index contributed by atoms with van der Waals surface area (Å²) in [6, 6.07) is 13.3. The van der Waals surface area contributed by atoms with Crippen molar-refractivity contribution in [3.8, 4) is 11.4 Å². The lowest BCUT2D eigenvalue weighted by molar-refractivity contribution is -0.117. The van der Waals surface area contributed by atoms with Crippen LogP contribution in [0.25, 0.3) is 11.4 Å². The zero-order chi connectivity index (χ0) is 18.6. The van der Waals surface area contributed by atoms with Crippen molar-refractivity contribution in [3.63, 3.8) is 0 Å². The molecule has 0 spiro atoms. The summed E-state index contributed by atoms with van der Waals surface area (Å²) in [6.07, 6.45) is 3.49. The number of rotatable bonds is 6. The van der Waals surface area contributed by atoms with E-state index in [-0.39, 0.29) is 5.91 Å². The van der Waals surface area contributed by atoms with Crippen LogP contribution in [0.2, 0.25) is 0 Å². The number of thioether (sulfide) groups is 1. The lowest BCUT2D eigenvalue weighted by Gasteiger charge is -2.22. The predicted octanol–water partition coefficient (Wildman–Crippen LogP) is 3.87. The Bertz CT molecular complexity index is 877. The highest BCUT2D eigenvalue weighted by Gasteiger charge is 2.32. The highest BCUT2D eigenvalue weighted by Crippen LogP contribution is 2.34. The zero-order valence-electron chi connectivity index (χ0n) is 15.0. The third-order valence-corrected chi connectivity index (χ3v) is 5.06. The van der Waals surface area contributed by atoms with Crippen LogP contribution in [0.15, 0.2) is 60.0 Å². The molecule has 0 saturated heterocycles. The number of nitrogens with zero attached hydrogens (tertiary/aromatic N) is 4. The van der Waals surface area contributed by atoms with Gasteiger partial charge in [-0.15, -0.1) is 10.2 Å². The highest BCUT2D eigenvalue weighted by atomic mass is 32.2. The molecule has 1 aromatic carbocycles. The number of hydrogen-bond acceptors (Lipinski definition) is 5. The second-order valence-electron chi connectivity index (χ2n) is 6.22. The maximum absolute atomic E-state index is 12.7. The summed E-state index contributed by atoms with van der Waals surface area (Å²) < 4.78 is 1.29. The van der Waals surface area contributed by atoms with Gasteiger partial charge in [0.2, 0.25) is 5.91 Å². The monoisotopic (exact) mass is 367 g/mol. The first-order valence-electron chi connectivity index (χ1n) is 8.40. The number of amides is 1. The molecule has 26 heavy (non-hydrogen) atoms. The fraction of sp³-hybridized carbons (Fsp3) is 0.263. The van der Waals surface area contributed by atoms with Gasteiger partial charge in [0.25, 0.3) is 0 Å². The van der Waals surface area contributed by atoms with E-state index in [4.69, 9.17) is 0 Å².